The third-order valence-corrected chi connectivity index (χ3v) is 3.74. The van der Waals surface area contributed by atoms with Gasteiger partial charge in [-0.15, -0.1) is 0 Å². The summed E-state index contributed by atoms with van der Waals surface area (Å²) >= 11 is 0. The Hall–Kier alpha value is -1.46. The second-order valence-corrected chi connectivity index (χ2v) is 5.86. The van der Waals surface area contributed by atoms with E-state index in [9.17, 15) is 13.2 Å². The summed E-state index contributed by atoms with van der Waals surface area (Å²) in [6, 6.07) is 6.51. The fraction of sp³-hybridized carbons (Fsp3) is 0.357. The van der Waals surface area contributed by atoms with Crippen molar-refractivity contribution in [3.8, 4) is 0 Å². The van der Waals surface area contributed by atoms with Crippen molar-refractivity contribution < 1.29 is 17.4 Å². The molecule has 104 valence electrons. The molecule has 19 heavy (non-hydrogen) atoms. The minimum atomic E-state index is -3.67. The molecule has 0 aliphatic rings. The van der Waals surface area contributed by atoms with Gasteiger partial charge in [-0.1, -0.05) is 23.8 Å². The summed E-state index contributed by atoms with van der Waals surface area (Å²) in [4.78, 5) is 10.8. The van der Waals surface area contributed by atoms with Crippen molar-refractivity contribution >= 4 is 15.9 Å². The van der Waals surface area contributed by atoms with E-state index in [0.717, 1.165) is 5.56 Å². The summed E-state index contributed by atoms with van der Waals surface area (Å²) in [5, 5.41) is 0. The predicted octanol–water partition coefficient (Wildman–Crippen LogP) is 2.63. The van der Waals surface area contributed by atoms with Gasteiger partial charge < -0.3 is 0 Å². The molecule has 0 aromatic heterocycles. The van der Waals surface area contributed by atoms with Gasteiger partial charge in [0.25, 0.3) is 10.1 Å². The second kappa shape index (κ2) is 7.21. The molecule has 1 aromatic carbocycles. The largest absolute Gasteiger partial charge is 0.296 e. The first-order chi connectivity index (χ1) is 8.92. The molecule has 0 N–H and O–H groups in total. The molecule has 0 bridgehead atoms. The molecule has 4 nitrogen and oxygen atoms in total. The van der Waals surface area contributed by atoms with E-state index in [1.807, 2.05) is 6.92 Å². The van der Waals surface area contributed by atoms with Gasteiger partial charge in [0.1, 0.15) is 0 Å². The van der Waals surface area contributed by atoms with E-state index in [2.05, 4.69) is 0 Å². The molecule has 0 saturated heterocycles. The van der Waals surface area contributed by atoms with Crippen molar-refractivity contribution in [3.05, 3.63) is 42.0 Å². The zero-order chi connectivity index (χ0) is 14.3. The number of ketones is 1. The summed E-state index contributed by atoms with van der Waals surface area (Å²) < 4.78 is 28.5. The first-order valence-corrected chi connectivity index (χ1v) is 7.46. The Bertz CT molecular complexity index is 541. The van der Waals surface area contributed by atoms with Crippen LogP contribution in [0.2, 0.25) is 0 Å². The highest BCUT2D eigenvalue weighted by Gasteiger charge is 2.13. The van der Waals surface area contributed by atoms with E-state index in [1.165, 1.54) is 25.1 Å². The van der Waals surface area contributed by atoms with Crippen molar-refractivity contribution in [2.75, 3.05) is 6.61 Å². The fourth-order valence-electron chi connectivity index (χ4n) is 1.39. The Morgan fingerprint density at radius 1 is 1.26 bits per heavy atom. The Morgan fingerprint density at radius 3 is 2.47 bits per heavy atom. The van der Waals surface area contributed by atoms with Crippen molar-refractivity contribution in [1.29, 1.82) is 0 Å². The van der Waals surface area contributed by atoms with Crippen LogP contribution in [0.1, 0.15) is 25.3 Å². The normalized spacial score (nSPS) is 11.9. The maximum Gasteiger partial charge on any atom is 0.296 e. The number of unbranched alkanes of at least 4 members (excludes halogenated alkanes) is 1. The van der Waals surface area contributed by atoms with Crippen LogP contribution in [0.25, 0.3) is 0 Å². The average Bonchev–Trinajstić information content (AvgIpc) is 2.34. The van der Waals surface area contributed by atoms with Gasteiger partial charge in [0.05, 0.1) is 11.5 Å². The predicted molar refractivity (Wildman–Crippen MR) is 73.4 cm³/mol. The molecule has 1 rings (SSSR count). The van der Waals surface area contributed by atoms with Crippen molar-refractivity contribution in [3.63, 3.8) is 0 Å². The van der Waals surface area contributed by atoms with Gasteiger partial charge in [-0.05, 0) is 44.9 Å². The third kappa shape index (κ3) is 5.81. The Kier molecular flexibility index (Phi) is 5.92. The molecule has 0 aliphatic carbocycles. The van der Waals surface area contributed by atoms with Crippen molar-refractivity contribution in [1.82, 2.24) is 0 Å². The molecule has 0 amide bonds. The maximum atomic E-state index is 11.8. The average molecular weight is 282 g/mol. The molecule has 0 atom stereocenters. The maximum absolute atomic E-state index is 11.8. The Morgan fingerprint density at radius 2 is 1.89 bits per heavy atom. The number of hydrogen-bond donors (Lipinski definition) is 0. The number of hydrogen-bond acceptors (Lipinski definition) is 4. The van der Waals surface area contributed by atoms with E-state index in [0.29, 0.717) is 12.8 Å². The summed E-state index contributed by atoms with van der Waals surface area (Å²) in [5.41, 5.74) is 0.994. The van der Waals surface area contributed by atoms with Crippen LogP contribution in [-0.4, -0.2) is 20.8 Å². The van der Waals surface area contributed by atoms with E-state index >= 15 is 0 Å². The van der Waals surface area contributed by atoms with Crippen LogP contribution in [0, 0.1) is 6.92 Å². The highest BCUT2D eigenvalue weighted by Crippen LogP contribution is 2.13. The zero-order valence-electron chi connectivity index (χ0n) is 11.1. The minimum absolute atomic E-state index is 0.0202. The number of rotatable bonds is 7. The van der Waals surface area contributed by atoms with Crippen LogP contribution in [0.15, 0.2) is 41.3 Å². The molecule has 0 heterocycles. The molecule has 5 heteroatoms. The lowest BCUT2D eigenvalue weighted by molar-refractivity contribution is -0.112. The van der Waals surface area contributed by atoms with Crippen LogP contribution in [0.4, 0.5) is 0 Å². The van der Waals surface area contributed by atoms with E-state index in [1.54, 1.807) is 18.2 Å². The van der Waals surface area contributed by atoms with E-state index < -0.39 is 10.1 Å². The molecule has 0 spiro atoms. The minimum Gasteiger partial charge on any atom is -0.295 e. The lowest BCUT2D eigenvalue weighted by Crippen LogP contribution is -2.07. The van der Waals surface area contributed by atoms with Gasteiger partial charge in [-0.2, -0.15) is 8.42 Å². The van der Waals surface area contributed by atoms with Crippen molar-refractivity contribution in [2.45, 2.75) is 31.6 Å². The monoisotopic (exact) mass is 282 g/mol. The summed E-state index contributed by atoms with van der Waals surface area (Å²) in [6.45, 7) is 3.46. The summed E-state index contributed by atoms with van der Waals surface area (Å²) in [6.07, 6.45) is 4.34. The van der Waals surface area contributed by atoms with E-state index in [-0.39, 0.29) is 17.3 Å². The first kappa shape index (κ1) is 15.6. The Balaban J connectivity index is 2.43. The van der Waals surface area contributed by atoms with Crippen LogP contribution >= 0.6 is 0 Å². The molecule has 0 aliphatic heterocycles. The summed E-state index contributed by atoms with van der Waals surface area (Å²) in [7, 11) is -3.67. The number of carbonyl (C=O) groups is 1. The molecule has 0 unspecified atom stereocenters. The molecule has 0 saturated carbocycles. The van der Waals surface area contributed by atoms with Gasteiger partial charge in [-0.3, -0.25) is 8.98 Å². The van der Waals surface area contributed by atoms with Gasteiger partial charge in [0.2, 0.25) is 0 Å². The van der Waals surface area contributed by atoms with Crippen LogP contribution in [0.5, 0.6) is 0 Å². The lowest BCUT2D eigenvalue weighted by Gasteiger charge is -2.05. The molecule has 1 aromatic rings. The van der Waals surface area contributed by atoms with Gasteiger partial charge in [0.15, 0.2) is 5.78 Å². The molecular weight excluding hydrogens is 264 g/mol. The smallest absolute Gasteiger partial charge is 0.295 e. The van der Waals surface area contributed by atoms with Crippen LogP contribution in [0.3, 0.4) is 0 Å². The topological polar surface area (TPSA) is 60.4 Å². The second-order valence-electron chi connectivity index (χ2n) is 4.24. The van der Waals surface area contributed by atoms with Crippen LogP contribution < -0.4 is 0 Å². The number of carbonyl (C=O) groups excluding carboxylic acids is 1. The van der Waals surface area contributed by atoms with Gasteiger partial charge >= 0.3 is 0 Å². The third-order valence-electron chi connectivity index (χ3n) is 2.42. The molecular formula is C14H18O4S. The number of aryl methyl sites for hydroxylation is 1. The van der Waals surface area contributed by atoms with Crippen molar-refractivity contribution in [2.24, 2.45) is 0 Å². The van der Waals surface area contributed by atoms with Gasteiger partial charge in [0, 0.05) is 0 Å². The van der Waals surface area contributed by atoms with Crippen LogP contribution in [-0.2, 0) is 19.1 Å². The van der Waals surface area contributed by atoms with E-state index in [4.69, 9.17) is 4.18 Å². The van der Waals surface area contributed by atoms with Gasteiger partial charge in [-0.25, -0.2) is 0 Å². The lowest BCUT2D eigenvalue weighted by atomic mass is 10.2. The SMILES string of the molecule is CC(=O)/C=C/CCCOS(=O)(=O)c1ccc(C)cc1. The number of allylic oxidation sites excluding steroid dienone is 2. The molecule has 0 radical (unpaired) electrons. The highest BCUT2D eigenvalue weighted by atomic mass is 32.2. The summed E-state index contributed by atoms with van der Waals surface area (Å²) in [5.74, 6) is -0.0202. The fourth-order valence-corrected chi connectivity index (χ4v) is 2.33. The first-order valence-electron chi connectivity index (χ1n) is 6.05. The molecule has 0 fully saturated rings. The Labute approximate surface area is 114 Å². The highest BCUT2D eigenvalue weighted by molar-refractivity contribution is 7.86. The number of benzene rings is 1. The standard InChI is InChI=1S/C14H18O4S/c1-12-7-9-14(10-8-12)19(16,17)18-11-5-3-4-6-13(2)15/h4,6-10H,3,5,11H2,1-2H3/b6-4+. The quantitative estimate of drug-likeness (QED) is 0.438. The zero-order valence-corrected chi connectivity index (χ0v) is 11.9.